The molecule has 0 aliphatic heterocycles. The standard InChI is InChI=1S/C12H8BrCl2NO2/c1-6-11(10(17)5-13)12(16-18-6)8-3-2-7(14)4-9(8)15/h2-4H,5H2,1H3. The predicted octanol–water partition coefficient (Wildman–Crippen LogP) is 4.53. The number of hydrogen-bond acceptors (Lipinski definition) is 3. The van der Waals surface area contributed by atoms with Gasteiger partial charge in [0.25, 0.3) is 0 Å². The Balaban J connectivity index is 2.61. The van der Waals surface area contributed by atoms with Gasteiger partial charge in [-0.15, -0.1) is 0 Å². The molecule has 0 unspecified atom stereocenters. The van der Waals surface area contributed by atoms with Crippen molar-refractivity contribution in [3.05, 3.63) is 39.6 Å². The number of carbonyl (C=O) groups is 1. The van der Waals surface area contributed by atoms with E-state index in [4.69, 9.17) is 27.7 Å². The summed E-state index contributed by atoms with van der Waals surface area (Å²) < 4.78 is 5.07. The smallest absolute Gasteiger partial charge is 0.179 e. The van der Waals surface area contributed by atoms with Gasteiger partial charge >= 0.3 is 0 Å². The molecular weight excluding hydrogens is 341 g/mol. The number of Topliss-reactive ketones (excluding diaryl/α,β-unsaturated/α-hetero) is 1. The molecule has 1 aromatic carbocycles. The Labute approximate surface area is 122 Å². The van der Waals surface area contributed by atoms with Gasteiger partial charge in [-0.2, -0.15) is 0 Å². The van der Waals surface area contributed by atoms with E-state index < -0.39 is 0 Å². The quantitative estimate of drug-likeness (QED) is 0.604. The number of aromatic nitrogens is 1. The maximum atomic E-state index is 11.9. The van der Waals surface area contributed by atoms with E-state index in [1.807, 2.05) is 0 Å². The Morgan fingerprint density at radius 3 is 2.78 bits per heavy atom. The second-order valence-electron chi connectivity index (χ2n) is 3.64. The Morgan fingerprint density at radius 1 is 1.44 bits per heavy atom. The first-order chi connectivity index (χ1) is 8.54. The number of nitrogens with zero attached hydrogens (tertiary/aromatic N) is 1. The maximum Gasteiger partial charge on any atom is 0.179 e. The topological polar surface area (TPSA) is 43.1 Å². The summed E-state index contributed by atoms with van der Waals surface area (Å²) >= 11 is 15.1. The third-order valence-corrected chi connectivity index (χ3v) is 3.51. The van der Waals surface area contributed by atoms with E-state index in [0.29, 0.717) is 32.6 Å². The van der Waals surface area contributed by atoms with Crippen molar-refractivity contribution in [1.29, 1.82) is 0 Å². The van der Waals surface area contributed by atoms with Gasteiger partial charge in [-0.3, -0.25) is 4.79 Å². The summed E-state index contributed by atoms with van der Waals surface area (Å²) in [5, 5.41) is 5.06. The van der Waals surface area contributed by atoms with Crippen molar-refractivity contribution in [3.63, 3.8) is 0 Å². The van der Waals surface area contributed by atoms with Gasteiger partial charge in [0.15, 0.2) is 5.78 Å². The van der Waals surface area contributed by atoms with Crippen molar-refractivity contribution < 1.29 is 9.32 Å². The second kappa shape index (κ2) is 5.43. The summed E-state index contributed by atoms with van der Waals surface area (Å²) in [6.45, 7) is 1.69. The highest BCUT2D eigenvalue weighted by molar-refractivity contribution is 9.09. The van der Waals surface area contributed by atoms with Crippen molar-refractivity contribution in [2.24, 2.45) is 0 Å². The molecule has 0 saturated heterocycles. The molecule has 18 heavy (non-hydrogen) atoms. The molecule has 3 nitrogen and oxygen atoms in total. The molecule has 0 bridgehead atoms. The minimum Gasteiger partial charge on any atom is -0.360 e. The van der Waals surface area contributed by atoms with Crippen LogP contribution in [0, 0.1) is 6.92 Å². The summed E-state index contributed by atoms with van der Waals surface area (Å²) in [7, 11) is 0. The second-order valence-corrected chi connectivity index (χ2v) is 5.05. The van der Waals surface area contributed by atoms with Gasteiger partial charge in [-0.05, 0) is 25.1 Å². The lowest BCUT2D eigenvalue weighted by atomic mass is 10.0. The van der Waals surface area contributed by atoms with Crippen LogP contribution in [0.25, 0.3) is 11.3 Å². The van der Waals surface area contributed by atoms with Crippen molar-refractivity contribution in [1.82, 2.24) is 5.16 Å². The Kier molecular flexibility index (Phi) is 4.10. The van der Waals surface area contributed by atoms with E-state index in [9.17, 15) is 4.79 Å². The normalized spacial score (nSPS) is 10.7. The van der Waals surface area contributed by atoms with Crippen molar-refractivity contribution in [2.45, 2.75) is 6.92 Å². The first-order valence-electron chi connectivity index (χ1n) is 5.05. The summed E-state index contributed by atoms with van der Waals surface area (Å²) in [6, 6.07) is 5.01. The van der Waals surface area contributed by atoms with Gasteiger partial charge in [0.05, 0.1) is 15.9 Å². The monoisotopic (exact) mass is 347 g/mol. The number of alkyl halides is 1. The highest BCUT2D eigenvalue weighted by Gasteiger charge is 2.22. The fourth-order valence-electron chi connectivity index (χ4n) is 1.63. The minimum absolute atomic E-state index is 0.102. The number of benzene rings is 1. The van der Waals surface area contributed by atoms with E-state index in [2.05, 4.69) is 21.1 Å². The zero-order chi connectivity index (χ0) is 13.3. The lowest BCUT2D eigenvalue weighted by molar-refractivity contribution is 0.102. The van der Waals surface area contributed by atoms with Gasteiger partial charge in [0.2, 0.25) is 0 Å². The van der Waals surface area contributed by atoms with Gasteiger partial charge in [0.1, 0.15) is 11.5 Å². The van der Waals surface area contributed by atoms with E-state index in [0.717, 1.165) is 0 Å². The predicted molar refractivity (Wildman–Crippen MR) is 74.8 cm³/mol. The first kappa shape index (κ1) is 13.6. The molecule has 0 atom stereocenters. The molecule has 0 aliphatic rings. The minimum atomic E-state index is -0.102. The van der Waals surface area contributed by atoms with Crippen LogP contribution < -0.4 is 0 Å². The summed E-state index contributed by atoms with van der Waals surface area (Å²) in [6.07, 6.45) is 0. The van der Waals surface area contributed by atoms with Gasteiger partial charge < -0.3 is 4.52 Å². The Hall–Kier alpha value is -0.840. The maximum absolute atomic E-state index is 11.9. The van der Waals surface area contributed by atoms with Crippen LogP contribution in [-0.2, 0) is 0 Å². The fourth-order valence-corrected chi connectivity index (χ4v) is 2.41. The molecule has 0 fully saturated rings. The van der Waals surface area contributed by atoms with Crippen molar-refractivity contribution >= 4 is 44.9 Å². The van der Waals surface area contributed by atoms with Crippen LogP contribution in [0.5, 0.6) is 0 Å². The number of halogens is 3. The van der Waals surface area contributed by atoms with Crippen molar-refractivity contribution in [2.75, 3.05) is 5.33 Å². The lowest BCUT2D eigenvalue weighted by Gasteiger charge is -2.03. The molecular formula is C12H8BrCl2NO2. The van der Waals surface area contributed by atoms with Crippen LogP contribution in [-0.4, -0.2) is 16.3 Å². The highest BCUT2D eigenvalue weighted by Crippen LogP contribution is 2.33. The number of hydrogen-bond donors (Lipinski definition) is 0. The Bertz CT molecular complexity index is 610. The molecule has 0 radical (unpaired) electrons. The van der Waals surface area contributed by atoms with Gasteiger partial charge in [-0.25, -0.2) is 0 Å². The van der Waals surface area contributed by atoms with Crippen LogP contribution in [0.2, 0.25) is 10.0 Å². The first-order valence-corrected chi connectivity index (χ1v) is 6.93. The van der Waals surface area contributed by atoms with E-state index in [1.54, 1.807) is 25.1 Å². The molecule has 0 aliphatic carbocycles. The van der Waals surface area contributed by atoms with E-state index in [-0.39, 0.29) is 11.1 Å². The molecule has 2 aromatic rings. The fraction of sp³-hybridized carbons (Fsp3) is 0.167. The third kappa shape index (κ3) is 2.46. The van der Waals surface area contributed by atoms with Crippen LogP contribution in [0.1, 0.15) is 16.1 Å². The highest BCUT2D eigenvalue weighted by atomic mass is 79.9. The molecule has 0 spiro atoms. The molecule has 1 aromatic heterocycles. The largest absolute Gasteiger partial charge is 0.360 e. The van der Waals surface area contributed by atoms with Crippen molar-refractivity contribution in [3.8, 4) is 11.3 Å². The summed E-state index contributed by atoms with van der Waals surface area (Å²) in [5.41, 5.74) is 1.51. The van der Waals surface area contributed by atoms with Crippen LogP contribution in [0.4, 0.5) is 0 Å². The van der Waals surface area contributed by atoms with Gasteiger partial charge in [0, 0.05) is 10.6 Å². The summed E-state index contributed by atoms with van der Waals surface area (Å²) in [4.78, 5) is 11.9. The third-order valence-electron chi connectivity index (χ3n) is 2.45. The van der Waals surface area contributed by atoms with E-state index >= 15 is 0 Å². The average Bonchev–Trinajstić information content (AvgIpc) is 2.70. The molecule has 6 heteroatoms. The van der Waals surface area contributed by atoms with Crippen LogP contribution >= 0.6 is 39.1 Å². The number of carbonyl (C=O) groups excluding carboxylic acids is 1. The molecule has 2 rings (SSSR count). The number of aryl methyl sites for hydroxylation is 1. The SMILES string of the molecule is Cc1onc(-c2ccc(Cl)cc2Cl)c1C(=O)CBr. The molecule has 0 saturated carbocycles. The molecule has 0 N–H and O–H groups in total. The Morgan fingerprint density at radius 2 is 2.17 bits per heavy atom. The lowest BCUT2D eigenvalue weighted by Crippen LogP contribution is -2.02. The van der Waals surface area contributed by atoms with Gasteiger partial charge in [-0.1, -0.05) is 44.3 Å². The molecule has 0 amide bonds. The molecule has 94 valence electrons. The van der Waals surface area contributed by atoms with Crippen LogP contribution in [0.15, 0.2) is 22.7 Å². The number of rotatable bonds is 3. The summed E-state index contributed by atoms with van der Waals surface area (Å²) in [5.74, 6) is 0.371. The zero-order valence-corrected chi connectivity index (χ0v) is 12.4. The van der Waals surface area contributed by atoms with Crippen LogP contribution in [0.3, 0.4) is 0 Å². The van der Waals surface area contributed by atoms with E-state index in [1.165, 1.54) is 0 Å². The number of ketones is 1. The molecule has 1 heterocycles. The average molecular weight is 349 g/mol. The zero-order valence-electron chi connectivity index (χ0n) is 9.34.